The summed E-state index contributed by atoms with van der Waals surface area (Å²) in [6, 6.07) is 21.6. The second-order valence-electron chi connectivity index (χ2n) is 9.70. The van der Waals surface area contributed by atoms with E-state index in [0.717, 1.165) is 17.9 Å². The van der Waals surface area contributed by atoms with Gasteiger partial charge in [-0.2, -0.15) is 4.98 Å². The third kappa shape index (κ3) is 8.48. The van der Waals surface area contributed by atoms with Gasteiger partial charge in [0, 0.05) is 41.7 Å². The summed E-state index contributed by atoms with van der Waals surface area (Å²) in [5.41, 5.74) is 2.38. The molecule has 12 nitrogen and oxygen atoms in total. The van der Waals surface area contributed by atoms with E-state index >= 15 is 0 Å². The van der Waals surface area contributed by atoms with E-state index in [1.165, 1.54) is 30.5 Å². The molecule has 6 aromatic rings. The van der Waals surface area contributed by atoms with E-state index in [4.69, 9.17) is 27.6 Å². The highest BCUT2D eigenvalue weighted by molar-refractivity contribution is 7.91. The molecule has 3 heterocycles. The molecule has 3 N–H and O–H groups in total. The molecule has 0 bridgehead atoms. The van der Waals surface area contributed by atoms with Gasteiger partial charge in [0.1, 0.15) is 16.7 Å². The molecule has 0 spiro atoms. The van der Waals surface area contributed by atoms with Gasteiger partial charge in [-0.25, -0.2) is 31.8 Å². The zero-order chi connectivity index (χ0) is 32.9. The van der Waals surface area contributed by atoms with Gasteiger partial charge >= 0.3 is 0 Å². The lowest BCUT2D eigenvalue weighted by Crippen LogP contribution is -2.02. The third-order valence-corrected chi connectivity index (χ3v) is 8.88. The van der Waals surface area contributed by atoms with Gasteiger partial charge in [-0.3, -0.25) is 0 Å². The molecular formula is C30H25Cl2N7O5S2. The number of halogens is 2. The Morgan fingerprint density at radius 3 is 1.85 bits per heavy atom. The molecule has 0 aliphatic carbocycles. The first-order chi connectivity index (χ1) is 21.8. The molecule has 0 radical (unpaired) electrons. The highest BCUT2D eigenvalue weighted by atomic mass is 35.5. The molecule has 0 atom stereocenters. The van der Waals surface area contributed by atoms with E-state index in [1.807, 2.05) is 12.1 Å². The van der Waals surface area contributed by atoms with Crippen molar-refractivity contribution in [2.24, 2.45) is 0 Å². The standard InChI is InChI=1S/C19H15ClN4O3S.C11H10ClN3O2S/c1-28(25,26)14-4-2-3-13(11-14)22-19-21-9-7-16(24-19)23-17-15(20)6-5-12-8-10-27-18(12)17;1-18(16,17)9-4-2-3-8(7-9)14-11-13-6-5-10(12)15-11/h2-11H,1H3,(H2,21,22,23,24);2-7H,1H3,(H,13,14,15). The fraction of sp³-hybridized carbons (Fsp3) is 0.0667. The molecular weight excluding hydrogens is 673 g/mol. The van der Waals surface area contributed by atoms with Crippen molar-refractivity contribution < 1.29 is 21.3 Å². The van der Waals surface area contributed by atoms with E-state index in [1.54, 1.807) is 54.9 Å². The minimum Gasteiger partial charge on any atom is -0.462 e. The van der Waals surface area contributed by atoms with Crippen LogP contribution in [0.5, 0.6) is 0 Å². The van der Waals surface area contributed by atoms with Crippen LogP contribution in [0.1, 0.15) is 0 Å². The lowest BCUT2D eigenvalue weighted by Gasteiger charge is -2.10. The summed E-state index contributed by atoms with van der Waals surface area (Å²) in [4.78, 5) is 16.9. The molecule has 0 aliphatic rings. The van der Waals surface area contributed by atoms with Crippen LogP contribution in [0.25, 0.3) is 11.0 Å². The molecule has 3 aromatic carbocycles. The fourth-order valence-electron chi connectivity index (χ4n) is 4.01. The first-order valence-electron chi connectivity index (χ1n) is 13.2. The number of anilines is 6. The van der Waals surface area contributed by atoms with E-state index in [9.17, 15) is 16.8 Å². The number of aromatic nitrogens is 4. The minimum absolute atomic E-state index is 0.211. The van der Waals surface area contributed by atoms with Crippen LogP contribution in [0.2, 0.25) is 10.2 Å². The molecule has 0 amide bonds. The number of fused-ring (bicyclic) bond motifs is 1. The van der Waals surface area contributed by atoms with Crippen molar-refractivity contribution in [3.8, 4) is 0 Å². The maximum Gasteiger partial charge on any atom is 0.229 e. The quantitative estimate of drug-likeness (QED) is 0.139. The Labute approximate surface area is 274 Å². The zero-order valence-corrected chi connectivity index (χ0v) is 27.3. The molecule has 236 valence electrons. The topological polar surface area (TPSA) is 169 Å². The van der Waals surface area contributed by atoms with Crippen LogP contribution in [0.4, 0.5) is 34.8 Å². The summed E-state index contributed by atoms with van der Waals surface area (Å²) < 4.78 is 51.8. The van der Waals surface area contributed by atoms with Crippen molar-refractivity contribution in [3.05, 3.63) is 108 Å². The SMILES string of the molecule is CS(=O)(=O)c1cccc(Nc2nccc(Cl)n2)c1.CS(=O)(=O)c1cccc(Nc2nccc(Nc3c(Cl)ccc4ccoc34)n2)c1. The number of furan rings is 1. The summed E-state index contributed by atoms with van der Waals surface area (Å²) in [6.07, 6.45) is 6.99. The number of hydrogen-bond donors (Lipinski definition) is 3. The van der Waals surface area contributed by atoms with Crippen molar-refractivity contribution in [1.82, 2.24) is 19.9 Å². The van der Waals surface area contributed by atoms with E-state index in [2.05, 4.69) is 35.9 Å². The number of hydrogen-bond acceptors (Lipinski definition) is 12. The molecule has 0 saturated carbocycles. The largest absolute Gasteiger partial charge is 0.462 e. The van der Waals surface area contributed by atoms with Crippen LogP contribution >= 0.6 is 23.2 Å². The Bertz CT molecular complexity index is 2250. The van der Waals surface area contributed by atoms with Crippen LogP contribution in [0.15, 0.2) is 112 Å². The Balaban J connectivity index is 0.000000200. The van der Waals surface area contributed by atoms with Gasteiger partial charge in [0.2, 0.25) is 11.9 Å². The summed E-state index contributed by atoms with van der Waals surface area (Å²) in [5, 5.41) is 10.8. The van der Waals surface area contributed by atoms with Crippen LogP contribution in [0.3, 0.4) is 0 Å². The van der Waals surface area contributed by atoms with Crippen molar-refractivity contribution in [1.29, 1.82) is 0 Å². The molecule has 0 saturated heterocycles. The highest BCUT2D eigenvalue weighted by Gasteiger charge is 2.12. The summed E-state index contributed by atoms with van der Waals surface area (Å²) in [5.74, 6) is 1.12. The van der Waals surface area contributed by atoms with Crippen LogP contribution in [0, 0.1) is 0 Å². The monoisotopic (exact) mass is 697 g/mol. The zero-order valence-electron chi connectivity index (χ0n) is 24.1. The predicted octanol–water partition coefficient (Wildman–Crippen LogP) is 7.04. The van der Waals surface area contributed by atoms with E-state index in [0.29, 0.717) is 50.5 Å². The molecule has 16 heteroatoms. The van der Waals surface area contributed by atoms with Crippen molar-refractivity contribution in [2.75, 3.05) is 28.5 Å². The number of benzene rings is 3. The van der Waals surface area contributed by atoms with E-state index < -0.39 is 19.7 Å². The summed E-state index contributed by atoms with van der Waals surface area (Å²) in [7, 11) is -6.54. The van der Waals surface area contributed by atoms with Gasteiger partial charge in [-0.1, -0.05) is 35.3 Å². The fourth-order valence-corrected chi connectivity index (χ4v) is 5.67. The predicted molar refractivity (Wildman–Crippen MR) is 179 cm³/mol. The van der Waals surface area contributed by atoms with Crippen molar-refractivity contribution >= 4 is 88.6 Å². The number of nitrogens with zero attached hydrogens (tertiary/aromatic N) is 4. The Kier molecular flexibility index (Phi) is 9.72. The number of nitrogens with one attached hydrogen (secondary N) is 3. The lowest BCUT2D eigenvalue weighted by molar-refractivity contribution is 0.600. The number of sulfone groups is 2. The molecule has 46 heavy (non-hydrogen) atoms. The molecule has 3 aromatic heterocycles. The Morgan fingerprint density at radius 2 is 1.26 bits per heavy atom. The van der Waals surface area contributed by atoms with Crippen LogP contribution in [-0.2, 0) is 19.7 Å². The minimum atomic E-state index is -3.30. The summed E-state index contributed by atoms with van der Waals surface area (Å²) >= 11 is 12.0. The van der Waals surface area contributed by atoms with Gasteiger partial charge in [0.15, 0.2) is 25.3 Å². The molecule has 0 fully saturated rings. The third-order valence-electron chi connectivity index (χ3n) is 6.14. The Hall–Kier alpha value is -4.76. The first kappa shape index (κ1) is 32.6. The maximum absolute atomic E-state index is 11.7. The van der Waals surface area contributed by atoms with Gasteiger partial charge in [0.05, 0.1) is 21.1 Å². The Morgan fingerprint density at radius 1 is 0.674 bits per heavy atom. The number of rotatable bonds is 8. The first-order valence-corrected chi connectivity index (χ1v) is 17.8. The lowest BCUT2D eigenvalue weighted by atomic mass is 10.2. The smallest absolute Gasteiger partial charge is 0.229 e. The molecule has 0 aliphatic heterocycles. The second-order valence-corrected chi connectivity index (χ2v) is 14.5. The van der Waals surface area contributed by atoms with Gasteiger partial charge in [-0.05, 0) is 66.7 Å². The highest BCUT2D eigenvalue weighted by Crippen LogP contribution is 2.34. The summed E-state index contributed by atoms with van der Waals surface area (Å²) in [6.45, 7) is 0. The van der Waals surface area contributed by atoms with Crippen LogP contribution < -0.4 is 16.0 Å². The normalized spacial score (nSPS) is 11.4. The van der Waals surface area contributed by atoms with Gasteiger partial charge < -0.3 is 20.4 Å². The van der Waals surface area contributed by atoms with Gasteiger partial charge in [-0.15, -0.1) is 0 Å². The van der Waals surface area contributed by atoms with Crippen molar-refractivity contribution in [2.45, 2.75) is 9.79 Å². The maximum atomic E-state index is 11.7. The second kappa shape index (κ2) is 13.7. The average molecular weight is 699 g/mol. The average Bonchev–Trinajstić information content (AvgIpc) is 3.48. The molecule has 6 rings (SSSR count). The van der Waals surface area contributed by atoms with E-state index in [-0.39, 0.29) is 9.79 Å². The van der Waals surface area contributed by atoms with Gasteiger partial charge in [0.25, 0.3) is 0 Å². The van der Waals surface area contributed by atoms with Crippen molar-refractivity contribution in [3.63, 3.8) is 0 Å². The molecule has 0 unspecified atom stereocenters. The van der Waals surface area contributed by atoms with Crippen LogP contribution in [-0.4, -0.2) is 49.3 Å².